The fourth-order valence-electron chi connectivity index (χ4n) is 14.2. The molecule has 0 saturated heterocycles. The Bertz CT molecular complexity index is 3000. The number of aromatic hydroxyl groups is 1. The maximum atomic E-state index is 15.6. The van der Waals surface area contributed by atoms with Crippen molar-refractivity contribution in [2.75, 3.05) is 19.0 Å². The Morgan fingerprint density at radius 3 is 2.72 bits per heavy atom. The number of fused-ring (bicyclic) bond motifs is 8. The maximum absolute atomic E-state index is 15.6. The molecule has 5 heterocycles. The number of thiophene rings is 2. The first-order valence-electron chi connectivity index (χ1n) is 24.8. The number of nitrogens with one attached hydrogen (secondary N) is 3. The lowest BCUT2D eigenvalue weighted by Crippen LogP contribution is -2.50. The number of nitrogens with two attached hydrogens (primary N) is 1. The largest absolute Gasteiger partial charge is 0.507 e. The van der Waals surface area contributed by atoms with Gasteiger partial charge in [-0.05, 0) is 153 Å². The number of nitrogens with zero attached hydrogens (tertiary/aromatic N) is 2. The summed E-state index contributed by atoms with van der Waals surface area (Å²) in [5.41, 5.74) is 12.3. The van der Waals surface area contributed by atoms with Crippen LogP contribution >= 0.6 is 22.7 Å². The molecule has 2 aliphatic heterocycles. The number of H-pyrrole nitrogens is 1. The molecule has 10 atom stereocenters. The third kappa shape index (κ3) is 8.11. The van der Waals surface area contributed by atoms with E-state index in [1.54, 1.807) is 36.0 Å². The second-order valence-electron chi connectivity index (χ2n) is 21.2. The van der Waals surface area contributed by atoms with Crippen LogP contribution in [0, 0.1) is 64.1 Å². The van der Waals surface area contributed by atoms with Gasteiger partial charge in [-0.2, -0.15) is 0 Å². The molecule has 2 aromatic carbocycles. The highest BCUT2D eigenvalue weighted by Crippen LogP contribution is 2.70. The lowest BCUT2D eigenvalue weighted by molar-refractivity contribution is 0.0229. The van der Waals surface area contributed by atoms with Gasteiger partial charge in [0.25, 0.3) is 0 Å². The number of carbonyl (C=O) groups excluding carboxylic acids is 1. The molecule has 10 nitrogen and oxygen atoms in total. The molecule has 356 valence electrons. The van der Waals surface area contributed by atoms with E-state index in [-0.39, 0.29) is 64.6 Å². The number of anilines is 1. The molecule has 6 aliphatic rings. The van der Waals surface area contributed by atoms with Crippen LogP contribution in [0.15, 0.2) is 72.1 Å². The van der Waals surface area contributed by atoms with Crippen LogP contribution in [0.1, 0.15) is 119 Å². The second-order valence-corrected chi connectivity index (χ2v) is 23.4. The zero-order valence-corrected chi connectivity index (χ0v) is 41.3. The number of benzene rings is 2. The first-order valence-corrected chi connectivity index (χ1v) is 26.4. The van der Waals surface area contributed by atoms with E-state index in [1.807, 2.05) is 44.3 Å². The van der Waals surface area contributed by atoms with Crippen molar-refractivity contribution in [1.29, 1.82) is 0 Å². The number of phenols is 1. The number of aromatic amines is 1. The number of hydrogen-bond donors (Lipinski definition) is 7. The van der Waals surface area contributed by atoms with Gasteiger partial charge in [0.1, 0.15) is 5.75 Å². The Kier molecular flexibility index (Phi) is 11.9. The Morgan fingerprint density at radius 2 is 1.91 bits per heavy atom. The number of Topliss-reactive ketones (excluding diaryl/α,β-unsaturated/α-hetero) is 1. The van der Waals surface area contributed by atoms with Crippen LogP contribution in [0.3, 0.4) is 0 Å². The fourth-order valence-corrected chi connectivity index (χ4v) is 16.3. The Balaban J connectivity index is 1.12. The highest BCUT2D eigenvalue weighted by atomic mass is 32.1. The summed E-state index contributed by atoms with van der Waals surface area (Å²) in [5, 5.41) is 43.4. The van der Waals surface area contributed by atoms with Crippen LogP contribution in [-0.4, -0.2) is 68.4 Å². The number of ketones is 1. The lowest BCUT2D eigenvalue weighted by Gasteiger charge is -2.48. The molecule has 0 unspecified atom stereocenters. The topological polar surface area (TPSA) is 169 Å². The smallest absolute Gasteiger partial charge is 0.188 e. The number of aliphatic hydroxyl groups excluding tert-OH is 1. The zero-order valence-electron chi connectivity index (χ0n) is 39.7. The third-order valence-electron chi connectivity index (χ3n) is 17.4. The van der Waals surface area contributed by atoms with Gasteiger partial charge in [-0.3, -0.25) is 9.79 Å². The molecule has 5 aromatic rings. The minimum absolute atomic E-state index is 0.0730. The van der Waals surface area contributed by atoms with Gasteiger partial charge in [-0.25, -0.2) is 4.98 Å². The minimum Gasteiger partial charge on any atom is -0.507 e. The first kappa shape index (κ1) is 45.8. The molecule has 2 spiro atoms. The zero-order chi connectivity index (χ0) is 47.7. The molecule has 8 N–H and O–H groups in total. The monoisotopic (exact) mass is 958 g/mol. The van der Waals surface area contributed by atoms with Gasteiger partial charge in [0.2, 0.25) is 0 Å². The van der Waals surface area contributed by atoms with Gasteiger partial charge in [0.05, 0.1) is 39.0 Å². The van der Waals surface area contributed by atoms with E-state index >= 15 is 4.79 Å². The average Bonchev–Trinajstić information content (AvgIpc) is 4.21. The van der Waals surface area contributed by atoms with Crippen LogP contribution in [0.25, 0.3) is 15.8 Å². The van der Waals surface area contributed by atoms with E-state index in [9.17, 15) is 15.3 Å². The van der Waals surface area contributed by atoms with Gasteiger partial charge < -0.3 is 36.7 Å². The third-order valence-corrected chi connectivity index (χ3v) is 19.7. The second kappa shape index (κ2) is 18.0. The summed E-state index contributed by atoms with van der Waals surface area (Å²) in [4.78, 5) is 31.8. The first-order chi connectivity index (χ1) is 33.4. The van der Waals surface area contributed by atoms with Gasteiger partial charge in [-0.1, -0.05) is 54.5 Å². The van der Waals surface area contributed by atoms with Crippen LogP contribution < -0.4 is 16.4 Å². The van der Waals surface area contributed by atoms with Crippen molar-refractivity contribution in [3.8, 4) is 39.2 Å². The minimum atomic E-state index is -1.23. The molecule has 3 fully saturated rings. The molecule has 3 saturated carbocycles. The Hall–Kier alpha value is -5.63. The molecule has 4 aliphatic carbocycles. The Morgan fingerprint density at radius 1 is 1.07 bits per heavy atom. The highest BCUT2D eigenvalue weighted by molar-refractivity contribution is 7.23. The number of rotatable bonds is 7. The molecule has 0 amide bonds. The van der Waals surface area contributed by atoms with Crippen molar-refractivity contribution < 1.29 is 20.1 Å². The van der Waals surface area contributed by atoms with E-state index in [0.29, 0.717) is 37.2 Å². The number of aliphatic hydroxyl groups is 2. The fraction of sp³-hybridized carbons (Fsp3) is 0.456. The molecular weight excluding hydrogens is 897 g/mol. The lowest BCUT2D eigenvalue weighted by atomic mass is 9.57. The molecule has 0 radical (unpaired) electrons. The number of carbonyl (C=O) groups is 1. The van der Waals surface area contributed by atoms with Crippen LogP contribution in [0.5, 0.6) is 5.75 Å². The van der Waals surface area contributed by atoms with E-state index in [0.717, 1.165) is 98.9 Å². The van der Waals surface area contributed by atoms with Crippen molar-refractivity contribution in [2.24, 2.45) is 51.1 Å². The number of phenolic OH excluding ortho intramolecular Hbond substituents is 1. The van der Waals surface area contributed by atoms with Gasteiger partial charge in [-0.15, -0.1) is 28.6 Å². The van der Waals surface area contributed by atoms with Crippen molar-refractivity contribution >= 4 is 46.2 Å². The number of aromatic nitrogens is 2. The maximum Gasteiger partial charge on any atom is 0.188 e. The number of imidazole rings is 1. The molecular formula is C57H62N6O4S2. The predicted octanol–water partition coefficient (Wildman–Crippen LogP) is 9.13. The Labute approximate surface area is 413 Å². The van der Waals surface area contributed by atoms with Crippen LogP contribution in [0.4, 0.5) is 5.69 Å². The van der Waals surface area contributed by atoms with Gasteiger partial charge in [0.15, 0.2) is 11.7 Å². The summed E-state index contributed by atoms with van der Waals surface area (Å²) in [5.74, 6) is 14.7. The van der Waals surface area contributed by atoms with Crippen molar-refractivity contribution in [2.45, 2.75) is 109 Å². The summed E-state index contributed by atoms with van der Waals surface area (Å²) in [7, 11) is 1.70. The summed E-state index contributed by atoms with van der Waals surface area (Å²) in [6, 6.07) is 16.1. The molecule has 11 rings (SSSR count). The standard InChI is InChI=1S/C57H62N6O4S2/c1-4-7-40-13-17-48(68-40)49-18-19-50(69-49)53(66)44-16-12-36-27-56(44)28-45(57(31-56)21-6-10-38(57)30-64)34-11-14-41-37(23-46(36)62-54(58)59-3)24-47(65)42-15-20-51(63-52(41)42)55(2,67)26-35-9-5-8-33(22-34)43(35)25-39-29-60-32-61-39/h5,8-9,13,15,17-20,24,29,32,34,36,38,44-46,51,63-65,67H,6,10,12,16,21-23,25-28,30-31H2,1-3H3,(H,60,61)(H3,58,59,62)/t34-,36-,38-,44+,45+,46+,51+,55-,56-,57-/m1/s1. The number of aliphatic imine (C=N–C) groups is 1. The quantitative estimate of drug-likeness (QED) is 0.0367. The molecule has 69 heavy (non-hydrogen) atoms. The van der Waals surface area contributed by atoms with Crippen LogP contribution in [0.2, 0.25) is 0 Å². The summed E-state index contributed by atoms with van der Waals surface area (Å²) >= 11 is 3.26. The number of guanidine groups is 1. The molecule has 9 bridgehead atoms. The van der Waals surface area contributed by atoms with Crippen molar-refractivity contribution in [3.63, 3.8) is 0 Å². The molecule has 3 aromatic heterocycles. The SMILES string of the molecule is CC#Cc1ccc(-c2ccc(C(=O)[C@@H]3CC[C@@H]4C[C@]35C[C@@H]([C@@H]3C#Cc6c(cc(O)c7c6N[C@@H](C=C7)[C@](C)(O)Cc6cccc(c6Cc6cnc[nH]6)C3)C[C@@H]4NC(N)=NC)[C@]3(CCC[C@@H]3CO)C5)s2)s1. The van der Waals surface area contributed by atoms with Crippen molar-refractivity contribution in [3.05, 3.63) is 116 Å². The normalized spacial score (nSPS) is 31.0. The predicted molar refractivity (Wildman–Crippen MR) is 276 cm³/mol. The van der Waals surface area contributed by atoms with E-state index in [1.165, 1.54) is 11.1 Å². The average molecular weight is 959 g/mol. The molecule has 12 heteroatoms. The summed E-state index contributed by atoms with van der Waals surface area (Å²) in [6.45, 7) is 3.85. The summed E-state index contributed by atoms with van der Waals surface area (Å²) in [6.07, 6.45) is 16.7. The van der Waals surface area contributed by atoms with Gasteiger partial charge >= 0.3 is 0 Å². The number of hydrogen-bond acceptors (Lipinski definition) is 9. The highest BCUT2D eigenvalue weighted by Gasteiger charge is 2.64. The van der Waals surface area contributed by atoms with E-state index in [4.69, 9.17) is 5.73 Å². The van der Waals surface area contributed by atoms with Crippen LogP contribution in [-0.2, 0) is 25.7 Å². The summed E-state index contributed by atoms with van der Waals surface area (Å²) < 4.78 is 0. The van der Waals surface area contributed by atoms with E-state index in [2.05, 4.69) is 85.7 Å². The van der Waals surface area contributed by atoms with Gasteiger partial charge in [0, 0.05) is 71.6 Å². The van der Waals surface area contributed by atoms with E-state index < -0.39 is 11.6 Å². The van der Waals surface area contributed by atoms with Crippen molar-refractivity contribution in [1.82, 2.24) is 15.3 Å².